The number of nitrogens with one attached hydrogen (secondary N) is 2. The molecule has 0 aliphatic rings. The van der Waals surface area contributed by atoms with Crippen LogP contribution in [-0.4, -0.2) is 39.3 Å². The molecule has 0 unspecified atom stereocenters. The summed E-state index contributed by atoms with van der Waals surface area (Å²) >= 11 is 0. The molecule has 0 bridgehead atoms. The van der Waals surface area contributed by atoms with Crippen molar-refractivity contribution in [3.05, 3.63) is 64.0 Å². The number of nitro groups is 1. The average Bonchev–Trinajstić information content (AvgIpc) is 2.60. The van der Waals surface area contributed by atoms with Crippen LogP contribution in [0.2, 0.25) is 0 Å². The van der Waals surface area contributed by atoms with Crippen molar-refractivity contribution in [1.29, 1.82) is 0 Å². The molecule has 3 N–H and O–H groups in total. The number of pyridine rings is 1. The van der Waals surface area contributed by atoms with E-state index in [9.17, 15) is 24.5 Å². The number of carboxylic acids is 1. The zero-order valence-corrected chi connectivity index (χ0v) is 12.6. The Kier molecular flexibility index (Phi) is 5.36. The molecule has 2 rings (SSSR count). The summed E-state index contributed by atoms with van der Waals surface area (Å²) in [6.45, 7) is -0.349. The van der Waals surface area contributed by atoms with Crippen molar-refractivity contribution in [2.24, 2.45) is 0 Å². The number of hydrogen-bond donors (Lipinski definition) is 3. The van der Waals surface area contributed by atoms with Crippen LogP contribution in [0.4, 0.5) is 11.4 Å². The highest BCUT2D eigenvalue weighted by molar-refractivity contribution is 5.98. The van der Waals surface area contributed by atoms with Gasteiger partial charge in [-0.2, -0.15) is 0 Å². The highest BCUT2D eigenvalue weighted by atomic mass is 16.6. The van der Waals surface area contributed by atoms with Gasteiger partial charge < -0.3 is 15.7 Å². The second-order valence-corrected chi connectivity index (χ2v) is 4.77. The molecule has 1 aromatic heterocycles. The Morgan fingerprint density at radius 3 is 2.32 bits per heavy atom. The maximum absolute atomic E-state index is 11.8. The molecular weight excluding hydrogens is 332 g/mol. The van der Waals surface area contributed by atoms with Gasteiger partial charge in [-0.1, -0.05) is 0 Å². The van der Waals surface area contributed by atoms with Gasteiger partial charge in [0.1, 0.15) is 11.9 Å². The molecule has 0 aliphatic heterocycles. The summed E-state index contributed by atoms with van der Waals surface area (Å²) in [7, 11) is 0. The van der Waals surface area contributed by atoms with Crippen molar-refractivity contribution in [3.63, 3.8) is 0 Å². The number of carbonyl (C=O) groups is 3. The van der Waals surface area contributed by atoms with E-state index in [0.29, 0.717) is 5.69 Å². The number of aromatic nitrogens is 1. The first kappa shape index (κ1) is 17.5. The number of carboxylic acid groups (broad SMARTS) is 1. The summed E-state index contributed by atoms with van der Waals surface area (Å²) in [5.74, 6) is -2.27. The van der Waals surface area contributed by atoms with E-state index in [2.05, 4.69) is 15.6 Å². The topological polar surface area (TPSA) is 152 Å². The minimum atomic E-state index is -1.08. The Morgan fingerprint density at radius 1 is 1.12 bits per heavy atom. The molecule has 1 aromatic carbocycles. The first-order chi connectivity index (χ1) is 11.9. The van der Waals surface area contributed by atoms with Gasteiger partial charge in [0.05, 0.1) is 17.0 Å². The van der Waals surface area contributed by atoms with Crippen molar-refractivity contribution >= 4 is 29.2 Å². The number of amides is 2. The number of aromatic carboxylic acids is 1. The van der Waals surface area contributed by atoms with E-state index in [0.717, 1.165) is 12.3 Å². The molecule has 1 heterocycles. The quantitative estimate of drug-likeness (QED) is 0.523. The zero-order valence-electron chi connectivity index (χ0n) is 12.6. The number of anilines is 1. The fourth-order valence-electron chi connectivity index (χ4n) is 1.78. The van der Waals surface area contributed by atoms with Crippen molar-refractivity contribution in [1.82, 2.24) is 10.3 Å². The molecule has 128 valence electrons. The molecule has 0 atom stereocenters. The predicted molar refractivity (Wildman–Crippen MR) is 85.3 cm³/mol. The van der Waals surface area contributed by atoms with E-state index in [4.69, 9.17) is 5.11 Å². The van der Waals surface area contributed by atoms with Crippen molar-refractivity contribution in [2.45, 2.75) is 0 Å². The van der Waals surface area contributed by atoms with Gasteiger partial charge in [-0.15, -0.1) is 0 Å². The Labute approximate surface area is 140 Å². The Bertz CT molecular complexity index is 817. The molecule has 2 amide bonds. The summed E-state index contributed by atoms with van der Waals surface area (Å²) in [5.41, 5.74) is 0.136. The zero-order chi connectivity index (χ0) is 18.4. The SMILES string of the molecule is O=C(CNC(=O)c1ccc([N+](=O)[O-])cn1)Nc1ccc(C(=O)O)cc1. The summed E-state index contributed by atoms with van der Waals surface area (Å²) < 4.78 is 0. The molecule has 2 aromatic rings. The first-order valence-corrected chi connectivity index (χ1v) is 6.88. The molecule has 10 heteroatoms. The number of nitrogens with zero attached hydrogens (tertiary/aromatic N) is 2. The fourth-order valence-corrected chi connectivity index (χ4v) is 1.78. The molecule has 0 saturated carbocycles. The summed E-state index contributed by atoms with van der Waals surface area (Å²) in [5, 5.41) is 24.1. The van der Waals surface area contributed by atoms with Gasteiger partial charge >= 0.3 is 5.97 Å². The van der Waals surface area contributed by atoms with E-state index in [-0.39, 0.29) is 23.5 Å². The Balaban J connectivity index is 1.87. The first-order valence-electron chi connectivity index (χ1n) is 6.88. The standard InChI is InChI=1S/C15H12N4O6/c20-13(18-10-3-1-9(2-4-10)15(22)23)8-17-14(21)12-6-5-11(7-16-12)19(24)25/h1-7H,8H2,(H,17,21)(H,18,20)(H,22,23). The molecule has 0 saturated heterocycles. The molecular formula is C15H12N4O6. The molecule has 25 heavy (non-hydrogen) atoms. The Morgan fingerprint density at radius 2 is 1.80 bits per heavy atom. The summed E-state index contributed by atoms with van der Waals surface area (Å²) in [6, 6.07) is 7.80. The van der Waals surface area contributed by atoms with Gasteiger partial charge in [0.2, 0.25) is 5.91 Å². The second-order valence-electron chi connectivity index (χ2n) is 4.77. The molecule has 0 fully saturated rings. The minimum absolute atomic E-state index is 0.0655. The van der Waals surface area contributed by atoms with Crippen LogP contribution in [0.25, 0.3) is 0 Å². The third-order valence-electron chi connectivity index (χ3n) is 3.02. The maximum atomic E-state index is 11.8. The van der Waals surface area contributed by atoms with Gasteiger partial charge in [-0.25, -0.2) is 9.78 Å². The third kappa shape index (κ3) is 4.82. The monoisotopic (exact) mass is 344 g/mol. The fraction of sp³-hybridized carbons (Fsp3) is 0.0667. The van der Waals surface area contributed by atoms with Crippen LogP contribution in [0.3, 0.4) is 0 Å². The lowest BCUT2D eigenvalue weighted by Gasteiger charge is -2.07. The van der Waals surface area contributed by atoms with Crippen LogP contribution in [0.5, 0.6) is 0 Å². The van der Waals surface area contributed by atoms with E-state index in [1.165, 1.54) is 30.3 Å². The van der Waals surface area contributed by atoms with Crippen LogP contribution in [0.15, 0.2) is 42.6 Å². The minimum Gasteiger partial charge on any atom is -0.478 e. The highest BCUT2D eigenvalue weighted by Gasteiger charge is 2.12. The van der Waals surface area contributed by atoms with Gasteiger partial charge in [0.25, 0.3) is 11.6 Å². The van der Waals surface area contributed by atoms with Gasteiger partial charge in [-0.05, 0) is 30.3 Å². The van der Waals surface area contributed by atoms with E-state index < -0.39 is 22.7 Å². The van der Waals surface area contributed by atoms with E-state index in [1.807, 2.05) is 0 Å². The van der Waals surface area contributed by atoms with Crippen LogP contribution in [-0.2, 0) is 4.79 Å². The van der Waals surface area contributed by atoms with Crippen LogP contribution in [0.1, 0.15) is 20.8 Å². The predicted octanol–water partition coefficient (Wildman–Crippen LogP) is 1.06. The molecule has 0 spiro atoms. The lowest BCUT2D eigenvalue weighted by atomic mass is 10.2. The van der Waals surface area contributed by atoms with Crippen LogP contribution in [0, 0.1) is 10.1 Å². The van der Waals surface area contributed by atoms with Crippen molar-refractivity contribution < 1.29 is 24.4 Å². The third-order valence-corrected chi connectivity index (χ3v) is 3.02. The average molecular weight is 344 g/mol. The second kappa shape index (κ2) is 7.64. The lowest BCUT2D eigenvalue weighted by molar-refractivity contribution is -0.385. The normalized spacial score (nSPS) is 9.92. The number of carbonyl (C=O) groups excluding carboxylic acids is 2. The van der Waals surface area contributed by atoms with Crippen LogP contribution >= 0.6 is 0 Å². The van der Waals surface area contributed by atoms with Crippen molar-refractivity contribution in [3.8, 4) is 0 Å². The lowest BCUT2D eigenvalue weighted by Crippen LogP contribution is -2.33. The molecule has 10 nitrogen and oxygen atoms in total. The highest BCUT2D eigenvalue weighted by Crippen LogP contribution is 2.10. The largest absolute Gasteiger partial charge is 0.478 e. The van der Waals surface area contributed by atoms with E-state index in [1.54, 1.807) is 0 Å². The number of hydrogen-bond acceptors (Lipinski definition) is 6. The number of rotatable bonds is 6. The van der Waals surface area contributed by atoms with E-state index >= 15 is 0 Å². The smallest absolute Gasteiger partial charge is 0.335 e. The van der Waals surface area contributed by atoms with Gasteiger partial charge in [0, 0.05) is 11.8 Å². The molecule has 0 aliphatic carbocycles. The summed E-state index contributed by atoms with van der Waals surface area (Å²) in [4.78, 5) is 47.8. The Hall–Kier alpha value is -3.82. The van der Waals surface area contributed by atoms with Crippen molar-refractivity contribution in [2.75, 3.05) is 11.9 Å². The van der Waals surface area contributed by atoms with Gasteiger partial charge in [0.15, 0.2) is 0 Å². The number of benzene rings is 1. The molecule has 0 radical (unpaired) electrons. The summed E-state index contributed by atoms with van der Waals surface area (Å²) in [6.07, 6.45) is 0.943. The van der Waals surface area contributed by atoms with Crippen LogP contribution < -0.4 is 10.6 Å². The van der Waals surface area contributed by atoms with Gasteiger partial charge in [-0.3, -0.25) is 19.7 Å². The maximum Gasteiger partial charge on any atom is 0.335 e.